The second kappa shape index (κ2) is 7.05. The summed E-state index contributed by atoms with van der Waals surface area (Å²) in [6.07, 6.45) is -0.0118. The van der Waals surface area contributed by atoms with Crippen molar-refractivity contribution in [1.29, 1.82) is 0 Å². The van der Waals surface area contributed by atoms with Gasteiger partial charge in [0.05, 0.1) is 11.3 Å². The maximum Gasteiger partial charge on any atom is 0.471 e. The molecule has 0 N–H and O–H groups in total. The molecule has 0 spiro atoms. The number of alkyl halides is 3. The van der Waals surface area contributed by atoms with Gasteiger partial charge in [-0.3, -0.25) is 4.79 Å². The second-order valence-corrected chi connectivity index (χ2v) is 4.74. The van der Waals surface area contributed by atoms with E-state index in [0.717, 1.165) is 13.1 Å². The first-order chi connectivity index (χ1) is 10.6. The highest BCUT2D eigenvalue weighted by Crippen LogP contribution is 2.28. The third kappa shape index (κ3) is 4.39. The van der Waals surface area contributed by atoms with Crippen molar-refractivity contribution in [1.82, 2.24) is 0 Å². The van der Waals surface area contributed by atoms with Crippen LogP contribution in [0.4, 0.5) is 24.5 Å². The van der Waals surface area contributed by atoms with Crippen LogP contribution in [0.25, 0.3) is 0 Å². The number of hydrogen-bond acceptors (Lipinski definition) is 4. The van der Waals surface area contributed by atoms with Crippen LogP contribution >= 0.6 is 0 Å². The molecule has 1 rings (SSSR count). The third-order valence-corrected chi connectivity index (χ3v) is 2.90. The van der Waals surface area contributed by atoms with Gasteiger partial charge >= 0.3 is 18.1 Å². The first-order valence-electron chi connectivity index (χ1n) is 6.36. The summed E-state index contributed by atoms with van der Waals surface area (Å²) < 4.78 is 42.3. The van der Waals surface area contributed by atoms with E-state index in [1.54, 1.807) is 19.0 Å². The van der Waals surface area contributed by atoms with Crippen LogP contribution in [0.1, 0.15) is 10.4 Å². The molecular formula is C15H15F3N2O3. The van der Waals surface area contributed by atoms with Gasteiger partial charge in [-0.15, -0.1) is 6.42 Å². The van der Waals surface area contributed by atoms with Crippen LogP contribution in [0, 0.1) is 12.3 Å². The highest BCUT2D eigenvalue weighted by molar-refractivity contribution is 6.01. The van der Waals surface area contributed by atoms with E-state index in [4.69, 9.17) is 11.2 Å². The van der Waals surface area contributed by atoms with Crippen LogP contribution in [0.15, 0.2) is 18.2 Å². The van der Waals surface area contributed by atoms with Gasteiger partial charge in [0.15, 0.2) is 6.61 Å². The summed E-state index contributed by atoms with van der Waals surface area (Å²) in [5.74, 6) is -0.711. The minimum atomic E-state index is -5.01. The molecule has 8 heteroatoms. The molecule has 0 aliphatic carbocycles. The molecule has 0 bridgehead atoms. The molecule has 0 aliphatic heterocycles. The summed E-state index contributed by atoms with van der Waals surface area (Å²) in [5.41, 5.74) is 0.332. The zero-order valence-electron chi connectivity index (χ0n) is 12.8. The van der Waals surface area contributed by atoms with Gasteiger partial charge in [-0.25, -0.2) is 4.79 Å². The van der Waals surface area contributed by atoms with Gasteiger partial charge in [0, 0.05) is 26.8 Å². The van der Waals surface area contributed by atoms with Gasteiger partial charge in [0.1, 0.15) is 0 Å². The van der Waals surface area contributed by atoms with Crippen LogP contribution in [-0.2, 0) is 9.53 Å². The zero-order valence-corrected chi connectivity index (χ0v) is 12.8. The number of benzene rings is 1. The number of halogens is 3. The molecule has 23 heavy (non-hydrogen) atoms. The molecule has 1 aromatic carbocycles. The SMILES string of the molecule is C#CCOC(=O)c1cc(N(C)C(=O)C(F)(F)F)ccc1N(C)C. The van der Waals surface area contributed by atoms with E-state index >= 15 is 0 Å². The lowest BCUT2D eigenvalue weighted by Crippen LogP contribution is -2.38. The normalized spacial score (nSPS) is 10.7. The zero-order chi connectivity index (χ0) is 17.8. The van der Waals surface area contributed by atoms with E-state index in [0.29, 0.717) is 10.6 Å². The number of anilines is 2. The molecule has 0 saturated carbocycles. The largest absolute Gasteiger partial charge is 0.471 e. The van der Waals surface area contributed by atoms with Gasteiger partial charge < -0.3 is 14.5 Å². The summed E-state index contributed by atoms with van der Waals surface area (Å²) in [6.45, 7) is -0.271. The number of amides is 1. The lowest BCUT2D eigenvalue weighted by atomic mass is 10.1. The van der Waals surface area contributed by atoms with Crippen molar-refractivity contribution in [2.45, 2.75) is 6.18 Å². The molecule has 124 valence electrons. The summed E-state index contributed by atoms with van der Waals surface area (Å²) in [4.78, 5) is 25.3. The maximum atomic E-state index is 12.5. The predicted molar refractivity (Wildman–Crippen MR) is 79.3 cm³/mol. The number of esters is 1. The molecule has 0 saturated heterocycles. The van der Waals surface area contributed by atoms with Crippen LogP contribution in [0.3, 0.4) is 0 Å². The van der Waals surface area contributed by atoms with E-state index in [-0.39, 0.29) is 17.9 Å². The lowest BCUT2D eigenvalue weighted by Gasteiger charge is -2.22. The predicted octanol–water partition coefficient (Wildman–Crippen LogP) is 2.07. The smallest absolute Gasteiger partial charge is 0.449 e. The Morgan fingerprint density at radius 3 is 2.35 bits per heavy atom. The van der Waals surface area contributed by atoms with Crippen molar-refractivity contribution in [3.63, 3.8) is 0 Å². The summed E-state index contributed by atoms with van der Waals surface area (Å²) in [6, 6.07) is 3.87. The van der Waals surface area contributed by atoms with Gasteiger partial charge in [-0.2, -0.15) is 13.2 Å². The Labute approximate surface area is 131 Å². The van der Waals surface area contributed by atoms with E-state index in [1.165, 1.54) is 12.1 Å². The Morgan fingerprint density at radius 1 is 1.26 bits per heavy atom. The fourth-order valence-electron chi connectivity index (χ4n) is 1.78. The fourth-order valence-corrected chi connectivity index (χ4v) is 1.78. The van der Waals surface area contributed by atoms with E-state index in [9.17, 15) is 22.8 Å². The summed E-state index contributed by atoms with van der Waals surface area (Å²) >= 11 is 0. The Bertz CT molecular complexity index is 648. The van der Waals surface area contributed by atoms with Crippen LogP contribution in [0.5, 0.6) is 0 Å². The fraction of sp³-hybridized carbons (Fsp3) is 0.333. The van der Waals surface area contributed by atoms with Crippen molar-refractivity contribution < 1.29 is 27.5 Å². The Hall–Kier alpha value is -2.69. The standard InChI is InChI=1S/C15H15F3N2O3/c1-5-8-23-13(21)11-9-10(6-7-12(11)19(2)3)20(4)14(22)15(16,17)18/h1,6-7,9H,8H2,2-4H3. The molecule has 0 aromatic heterocycles. The molecule has 0 radical (unpaired) electrons. The van der Waals surface area contributed by atoms with Crippen LogP contribution in [0.2, 0.25) is 0 Å². The molecule has 0 unspecified atom stereocenters. The number of hydrogen-bond donors (Lipinski definition) is 0. The van der Waals surface area contributed by atoms with E-state index < -0.39 is 18.1 Å². The molecular weight excluding hydrogens is 313 g/mol. The second-order valence-electron chi connectivity index (χ2n) is 4.74. The maximum absolute atomic E-state index is 12.5. The number of rotatable bonds is 4. The van der Waals surface area contributed by atoms with Gasteiger partial charge in [-0.05, 0) is 18.2 Å². The van der Waals surface area contributed by atoms with Crippen molar-refractivity contribution in [3.05, 3.63) is 23.8 Å². The molecule has 1 amide bonds. The first kappa shape index (κ1) is 18.4. The Balaban J connectivity index is 3.26. The molecule has 0 heterocycles. The van der Waals surface area contributed by atoms with Crippen LogP contribution in [-0.4, -0.2) is 45.8 Å². The third-order valence-electron chi connectivity index (χ3n) is 2.90. The topological polar surface area (TPSA) is 49.9 Å². The van der Waals surface area contributed by atoms with Gasteiger partial charge in [0.25, 0.3) is 0 Å². The molecule has 0 fully saturated rings. The molecule has 0 atom stereocenters. The Morgan fingerprint density at radius 2 is 1.87 bits per heavy atom. The molecule has 5 nitrogen and oxygen atoms in total. The quantitative estimate of drug-likeness (QED) is 0.627. The van der Waals surface area contributed by atoms with Crippen molar-refractivity contribution >= 4 is 23.3 Å². The minimum absolute atomic E-state index is 0.00424. The monoisotopic (exact) mass is 328 g/mol. The average Bonchev–Trinajstić information content (AvgIpc) is 2.49. The van der Waals surface area contributed by atoms with Gasteiger partial charge in [0.2, 0.25) is 0 Å². The number of carbonyl (C=O) groups excluding carboxylic acids is 2. The number of carbonyl (C=O) groups is 2. The highest BCUT2D eigenvalue weighted by atomic mass is 19.4. The average molecular weight is 328 g/mol. The number of ether oxygens (including phenoxy) is 1. The first-order valence-corrected chi connectivity index (χ1v) is 6.36. The van der Waals surface area contributed by atoms with Crippen molar-refractivity contribution in [3.8, 4) is 12.3 Å². The molecule has 0 aliphatic rings. The van der Waals surface area contributed by atoms with Crippen molar-refractivity contribution in [2.24, 2.45) is 0 Å². The minimum Gasteiger partial charge on any atom is -0.449 e. The Kier molecular flexibility index (Phi) is 5.62. The molecule has 1 aromatic rings. The number of nitrogens with zero attached hydrogens (tertiary/aromatic N) is 2. The summed E-state index contributed by atoms with van der Waals surface area (Å²) in [7, 11) is 4.27. The summed E-state index contributed by atoms with van der Waals surface area (Å²) in [5, 5.41) is 0. The van der Waals surface area contributed by atoms with E-state index in [2.05, 4.69) is 5.92 Å². The van der Waals surface area contributed by atoms with Crippen LogP contribution < -0.4 is 9.80 Å². The number of terminal acetylenes is 1. The highest BCUT2D eigenvalue weighted by Gasteiger charge is 2.41. The lowest BCUT2D eigenvalue weighted by molar-refractivity contribution is -0.170. The van der Waals surface area contributed by atoms with E-state index in [1.807, 2.05) is 0 Å². The van der Waals surface area contributed by atoms with Gasteiger partial charge in [-0.1, -0.05) is 5.92 Å². The van der Waals surface area contributed by atoms with Crippen molar-refractivity contribution in [2.75, 3.05) is 37.5 Å².